The molecule has 6 nitrogen and oxygen atoms in total. The van der Waals surface area contributed by atoms with Gasteiger partial charge in [0.2, 0.25) is 11.8 Å². The molecule has 0 spiro atoms. The molecule has 0 bridgehead atoms. The van der Waals surface area contributed by atoms with Gasteiger partial charge in [-0.15, -0.1) is 0 Å². The largest absolute Gasteiger partial charge is 0.368 e. The molecule has 0 fully saturated rings. The Morgan fingerprint density at radius 3 is 2.38 bits per heavy atom. The number of primary amides is 1. The molecule has 4 N–H and O–H groups in total. The number of benzene rings is 1. The van der Waals surface area contributed by atoms with Gasteiger partial charge in [-0.25, -0.2) is 0 Å². The Morgan fingerprint density at radius 2 is 1.86 bits per heavy atom. The fraction of sp³-hybridized carbons (Fsp3) is 0.400. The van der Waals surface area contributed by atoms with Gasteiger partial charge in [-0.1, -0.05) is 32.4 Å². The zero-order valence-corrected chi connectivity index (χ0v) is 12.5. The van der Waals surface area contributed by atoms with E-state index in [9.17, 15) is 14.4 Å². The van der Waals surface area contributed by atoms with Crippen LogP contribution in [0, 0.1) is 5.92 Å². The SMILES string of the molecule is CC[C@@H](C)[C@@H](NC(=O)c1ccccc1NC(C)=O)C(N)=O. The fourth-order valence-electron chi connectivity index (χ4n) is 1.93. The first-order valence-electron chi connectivity index (χ1n) is 6.83. The van der Waals surface area contributed by atoms with E-state index in [1.165, 1.54) is 6.92 Å². The zero-order valence-electron chi connectivity index (χ0n) is 12.5. The molecular weight excluding hydrogens is 270 g/mol. The summed E-state index contributed by atoms with van der Waals surface area (Å²) in [5.74, 6) is -1.36. The molecule has 1 aromatic carbocycles. The molecule has 0 saturated heterocycles. The van der Waals surface area contributed by atoms with E-state index in [1.54, 1.807) is 24.3 Å². The van der Waals surface area contributed by atoms with Crippen molar-refractivity contribution in [3.05, 3.63) is 29.8 Å². The van der Waals surface area contributed by atoms with Crippen LogP contribution in [-0.2, 0) is 9.59 Å². The summed E-state index contributed by atoms with van der Waals surface area (Å²) in [6.07, 6.45) is 0.710. The van der Waals surface area contributed by atoms with Crippen molar-refractivity contribution in [1.82, 2.24) is 5.32 Å². The molecule has 0 radical (unpaired) electrons. The number of anilines is 1. The van der Waals surface area contributed by atoms with Crippen molar-refractivity contribution in [1.29, 1.82) is 0 Å². The monoisotopic (exact) mass is 291 g/mol. The third kappa shape index (κ3) is 4.59. The van der Waals surface area contributed by atoms with Crippen LogP contribution in [0.25, 0.3) is 0 Å². The molecule has 0 aliphatic rings. The van der Waals surface area contributed by atoms with Gasteiger partial charge in [0.15, 0.2) is 0 Å². The standard InChI is InChI=1S/C15H21N3O3/c1-4-9(2)13(14(16)20)18-15(21)11-7-5-6-8-12(11)17-10(3)19/h5-9,13H,4H2,1-3H3,(H2,16,20)(H,17,19)(H,18,21)/t9-,13-/m1/s1. The van der Waals surface area contributed by atoms with E-state index in [1.807, 2.05) is 13.8 Å². The molecule has 0 aliphatic carbocycles. The molecule has 0 saturated carbocycles. The average Bonchev–Trinajstić information content (AvgIpc) is 2.43. The molecule has 6 heteroatoms. The number of nitrogens with one attached hydrogen (secondary N) is 2. The van der Waals surface area contributed by atoms with Crippen molar-refractivity contribution in [2.75, 3.05) is 5.32 Å². The van der Waals surface area contributed by atoms with Crippen molar-refractivity contribution in [3.8, 4) is 0 Å². The molecule has 1 aromatic rings. The minimum atomic E-state index is -0.743. The zero-order chi connectivity index (χ0) is 16.0. The number of carbonyl (C=O) groups excluding carboxylic acids is 3. The Labute approximate surface area is 124 Å². The van der Waals surface area contributed by atoms with E-state index in [-0.39, 0.29) is 11.8 Å². The molecule has 2 atom stereocenters. The van der Waals surface area contributed by atoms with Crippen LogP contribution in [0.5, 0.6) is 0 Å². The number of rotatable bonds is 6. The van der Waals surface area contributed by atoms with Crippen LogP contribution >= 0.6 is 0 Å². The van der Waals surface area contributed by atoms with Crippen molar-refractivity contribution in [3.63, 3.8) is 0 Å². The van der Waals surface area contributed by atoms with Gasteiger partial charge in [-0.2, -0.15) is 0 Å². The molecule has 0 aromatic heterocycles. The predicted octanol–water partition coefficient (Wildman–Crippen LogP) is 1.27. The van der Waals surface area contributed by atoms with Crippen LogP contribution in [0.2, 0.25) is 0 Å². The summed E-state index contributed by atoms with van der Waals surface area (Å²) in [4.78, 5) is 34.9. The summed E-state index contributed by atoms with van der Waals surface area (Å²) >= 11 is 0. The molecular formula is C15H21N3O3. The van der Waals surface area contributed by atoms with E-state index >= 15 is 0 Å². The number of carbonyl (C=O) groups is 3. The van der Waals surface area contributed by atoms with Crippen LogP contribution in [0.3, 0.4) is 0 Å². The van der Waals surface area contributed by atoms with Crippen molar-refractivity contribution < 1.29 is 14.4 Å². The lowest BCUT2D eigenvalue weighted by Gasteiger charge is -2.21. The van der Waals surface area contributed by atoms with Crippen LogP contribution in [-0.4, -0.2) is 23.8 Å². The predicted molar refractivity (Wildman–Crippen MR) is 80.6 cm³/mol. The Morgan fingerprint density at radius 1 is 1.24 bits per heavy atom. The van der Waals surface area contributed by atoms with Gasteiger partial charge in [0.05, 0.1) is 11.3 Å². The highest BCUT2D eigenvalue weighted by Gasteiger charge is 2.25. The van der Waals surface area contributed by atoms with Gasteiger partial charge in [0.25, 0.3) is 5.91 Å². The van der Waals surface area contributed by atoms with E-state index in [2.05, 4.69) is 10.6 Å². The van der Waals surface area contributed by atoms with Crippen molar-refractivity contribution in [2.45, 2.75) is 33.2 Å². The van der Waals surface area contributed by atoms with E-state index in [4.69, 9.17) is 5.73 Å². The quantitative estimate of drug-likeness (QED) is 0.735. The van der Waals surface area contributed by atoms with Gasteiger partial charge >= 0.3 is 0 Å². The normalized spacial score (nSPS) is 13.1. The maximum absolute atomic E-state index is 12.3. The molecule has 3 amide bonds. The number of nitrogens with two attached hydrogens (primary N) is 1. The lowest BCUT2D eigenvalue weighted by atomic mass is 9.98. The lowest BCUT2D eigenvalue weighted by molar-refractivity contribution is -0.121. The maximum Gasteiger partial charge on any atom is 0.254 e. The second-order valence-corrected chi connectivity index (χ2v) is 4.97. The van der Waals surface area contributed by atoms with Crippen molar-refractivity contribution in [2.24, 2.45) is 11.7 Å². The van der Waals surface area contributed by atoms with Gasteiger partial charge in [0.1, 0.15) is 6.04 Å². The average molecular weight is 291 g/mol. The van der Waals surface area contributed by atoms with E-state index in [0.717, 1.165) is 0 Å². The second-order valence-electron chi connectivity index (χ2n) is 4.97. The van der Waals surface area contributed by atoms with E-state index in [0.29, 0.717) is 17.7 Å². The Balaban J connectivity index is 2.97. The molecule has 21 heavy (non-hydrogen) atoms. The third-order valence-corrected chi connectivity index (χ3v) is 3.29. The highest BCUT2D eigenvalue weighted by molar-refractivity contribution is 6.04. The molecule has 0 aliphatic heterocycles. The number of hydrogen-bond acceptors (Lipinski definition) is 3. The first-order chi connectivity index (χ1) is 9.86. The summed E-state index contributed by atoms with van der Waals surface area (Å²) in [5.41, 5.74) is 6.03. The summed E-state index contributed by atoms with van der Waals surface area (Å²) in [5, 5.41) is 5.22. The van der Waals surface area contributed by atoms with Crippen LogP contribution in [0.15, 0.2) is 24.3 Å². The Hall–Kier alpha value is -2.37. The maximum atomic E-state index is 12.3. The highest BCUT2D eigenvalue weighted by Crippen LogP contribution is 2.16. The third-order valence-electron chi connectivity index (χ3n) is 3.29. The Bertz CT molecular complexity index is 543. The van der Waals surface area contributed by atoms with Crippen molar-refractivity contribution >= 4 is 23.4 Å². The van der Waals surface area contributed by atoms with Crippen LogP contribution in [0.1, 0.15) is 37.6 Å². The van der Waals surface area contributed by atoms with Crippen LogP contribution in [0.4, 0.5) is 5.69 Å². The van der Waals surface area contributed by atoms with Gasteiger partial charge in [-0.05, 0) is 18.1 Å². The van der Waals surface area contributed by atoms with Gasteiger partial charge in [0, 0.05) is 6.92 Å². The number of para-hydroxylation sites is 1. The first kappa shape index (κ1) is 16.7. The highest BCUT2D eigenvalue weighted by atomic mass is 16.2. The van der Waals surface area contributed by atoms with E-state index < -0.39 is 17.9 Å². The minimum absolute atomic E-state index is 0.0700. The first-order valence-corrected chi connectivity index (χ1v) is 6.83. The number of hydrogen-bond donors (Lipinski definition) is 3. The molecule has 0 unspecified atom stereocenters. The van der Waals surface area contributed by atoms with Crippen LogP contribution < -0.4 is 16.4 Å². The molecule has 1 rings (SSSR count). The summed E-state index contributed by atoms with van der Waals surface area (Å²) in [6, 6.07) is 5.85. The topological polar surface area (TPSA) is 101 Å². The van der Waals surface area contributed by atoms with Gasteiger partial charge in [-0.3, -0.25) is 14.4 Å². The minimum Gasteiger partial charge on any atom is -0.368 e. The Kier molecular flexibility index (Phi) is 5.90. The smallest absolute Gasteiger partial charge is 0.254 e. The summed E-state index contributed by atoms with van der Waals surface area (Å²) in [7, 11) is 0. The van der Waals surface area contributed by atoms with Gasteiger partial charge < -0.3 is 16.4 Å². The molecule has 0 heterocycles. The number of amides is 3. The molecule has 114 valence electrons. The summed E-state index contributed by atoms with van der Waals surface area (Å²) < 4.78 is 0. The fourth-order valence-corrected chi connectivity index (χ4v) is 1.93. The summed E-state index contributed by atoms with van der Waals surface area (Å²) in [6.45, 7) is 5.12. The lowest BCUT2D eigenvalue weighted by Crippen LogP contribution is -2.48. The second kappa shape index (κ2) is 7.42.